The van der Waals surface area contributed by atoms with Crippen LogP contribution in [0.15, 0.2) is 55.0 Å². The first-order chi connectivity index (χ1) is 9.25. The molecule has 0 fully saturated rings. The number of fused-ring (bicyclic) bond motifs is 1. The number of hydrogen-bond donors (Lipinski definition) is 0. The van der Waals surface area contributed by atoms with Crippen molar-refractivity contribution in [3.05, 3.63) is 71.8 Å². The molecule has 3 heteroatoms. The highest BCUT2D eigenvalue weighted by Crippen LogP contribution is 2.19. The molecule has 2 heterocycles. The number of benzene rings is 1. The third-order valence-corrected chi connectivity index (χ3v) is 3.06. The number of rotatable bonds is 2. The second-order valence-corrected chi connectivity index (χ2v) is 4.46. The topological polar surface area (TPSA) is 42.9 Å². The molecule has 0 N–H and O–H groups in total. The summed E-state index contributed by atoms with van der Waals surface area (Å²) in [6, 6.07) is 11.4. The van der Waals surface area contributed by atoms with Gasteiger partial charge in [-0.05, 0) is 30.0 Å². The van der Waals surface area contributed by atoms with Gasteiger partial charge < -0.3 is 0 Å². The van der Waals surface area contributed by atoms with Gasteiger partial charge in [-0.25, -0.2) is 0 Å². The molecule has 0 unspecified atom stereocenters. The summed E-state index contributed by atoms with van der Waals surface area (Å²) in [6.45, 7) is 1.94. The molecule has 0 amide bonds. The number of carbonyl (C=O) groups is 1. The lowest BCUT2D eigenvalue weighted by Crippen LogP contribution is -2.05. The standard InChI is InChI=1S/C16H12N2O/c1-11-6-7-18-15(8-11)16(19)14-10-17-9-12-4-2-3-5-13(12)14/h2-10H,1H3. The maximum absolute atomic E-state index is 12.5. The van der Waals surface area contributed by atoms with E-state index in [1.165, 1.54) is 0 Å². The van der Waals surface area contributed by atoms with E-state index >= 15 is 0 Å². The van der Waals surface area contributed by atoms with Crippen molar-refractivity contribution < 1.29 is 4.79 Å². The summed E-state index contributed by atoms with van der Waals surface area (Å²) >= 11 is 0. The molecule has 0 aliphatic rings. The van der Waals surface area contributed by atoms with Gasteiger partial charge in [0.1, 0.15) is 5.69 Å². The van der Waals surface area contributed by atoms with Crippen molar-refractivity contribution in [1.29, 1.82) is 0 Å². The Balaban J connectivity index is 2.17. The summed E-state index contributed by atoms with van der Waals surface area (Å²) in [4.78, 5) is 20.8. The number of carbonyl (C=O) groups excluding carboxylic acids is 1. The number of ketones is 1. The van der Waals surface area contributed by atoms with E-state index < -0.39 is 0 Å². The number of pyridine rings is 2. The largest absolute Gasteiger partial charge is 0.287 e. The van der Waals surface area contributed by atoms with E-state index in [4.69, 9.17) is 0 Å². The fourth-order valence-electron chi connectivity index (χ4n) is 2.10. The average Bonchev–Trinajstić information content (AvgIpc) is 2.46. The van der Waals surface area contributed by atoms with E-state index in [2.05, 4.69) is 9.97 Å². The highest BCUT2D eigenvalue weighted by molar-refractivity contribution is 6.15. The summed E-state index contributed by atoms with van der Waals surface area (Å²) in [5, 5.41) is 1.87. The van der Waals surface area contributed by atoms with Crippen molar-refractivity contribution in [2.24, 2.45) is 0 Å². The lowest BCUT2D eigenvalue weighted by molar-refractivity contribution is 0.103. The van der Waals surface area contributed by atoms with Crippen molar-refractivity contribution in [3.8, 4) is 0 Å². The fourth-order valence-corrected chi connectivity index (χ4v) is 2.10. The van der Waals surface area contributed by atoms with Gasteiger partial charge in [-0.1, -0.05) is 24.3 Å². The predicted octanol–water partition coefficient (Wildman–Crippen LogP) is 3.17. The lowest BCUT2D eigenvalue weighted by atomic mass is 10.0. The normalized spacial score (nSPS) is 10.6. The van der Waals surface area contributed by atoms with Gasteiger partial charge in [-0.3, -0.25) is 14.8 Å². The number of nitrogens with zero attached hydrogens (tertiary/aromatic N) is 2. The van der Waals surface area contributed by atoms with Crippen LogP contribution in [0.4, 0.5) is 0 Å². The van der Waals surface area contributed by atoms with Crippen molar-refractivity contribution >= 4 is 16.6 Å². The predicted molar refractivity (Wildman–Crippen MR) is 74.1 cm³/mol. The molecular weight excluding hydrogens is 236 g/mol. The van der Waals surface area contributed by atoms with Gasteiger partial charge in [0.15, 0.2) is 0 Å². The monoisotopic (exact) mass is 248 g/mol. The van der Waals surface area contributed by atoms with Crippen LogP contribution in [-0.2, 0) is 0 Å². The summed E-state index contributed by atoms with van der Waals surface area (Å²) in [6.07, 6.45) is 5.02. The second kappa shape index (κ2) is 4.61. The van der Waals surface area contributed by atoms with Crippen LogP contribution in [0.3, 0.4) is 0 Å². The highest BCUT2D eigenvalue weighted by Gasteiger charge is 2.14. The zero-order valence-electron chi connectivity index (χ0n) is 10.5. The van der Waals surface area contributed by atoms with Crippen molar-refractivity contribution in [2.75, 3.05) is 0 Å². The molecule has 0 radical (unpaired) electrons. The Morgan fingerprint density at radius 2 is 1.95 bits per heavy atom. The molecular formula is C16H12N2O. The maximum atomic E-state index is 12.5. The first-order valence-corrected chi connectivity index (χ1v) is 6.06. The van der Waals surface area contributed by atoms with Crippen molar-refractivity contribution in [2.45, 2.75) is 6.92 Å². The van der Waals surface area contributed by atoms with Crippen LogP contribution < -0.4 is 0 Å². The molecule has 0 aliphatic carbocycles. The van der Waals surface area contributed by atoms with E-state index in [0.717, 1.165) is 16.3 Å². The minimum absolute atomic E-state index is 0.0898. The van der Waals surface area contributed by atoms with Crippen LogP contribution in [0.5, 0.6) is 0 Å². The molecule has 0 aliphatic heterocycles. The SMILES string of the molecule is Cc1ccnc(C(=O)c2cncc3ccccc23)c1. The molecule has 0 spiro atoms. The molecule has 3 aromatic rings. The first-order valence-electron chi connectivity index (χ1n) is 6.06. The van der Waals surface area contributed by atoms with Gasteiger partial charge >= 0.3 is 0 Å². The summed E-state index contributed by atoms with van der Waals surface area (Å²) in [5.74, 6) is -0.0898. The van der Waals surface area contributed by atoms with Crippen LogP contribution in [0.2, 0.25) is 0 Å². The van der Waals surface area contributed by atoms with E-state index in [1.807, 2.05) is 37.3 Å². The summed E-state index contributed by atoms with van der Waals surface area (Å²) in [7, 11) is 0. The van der Waals surface area contributed by atoms with Crippen LogP contribution in [0.25, 0.3) is 10.8 Å². The molecule has 1 aromatic carbocycles. The van der Waals surface area contributed by atoms with Gasteiger partial charge in [0, 0.05) is 24.0 Å². The molecule has 0 saturated heterocycles. The summed E-state index contributed by atoms with van der Waals surface area (Å²) in [5.41, 5.74) is 2.07. The van der Waals surface area contributed by atoms with Crippen LogP contribution in [-0.4, -0.2) is 15.8 Å². The molecule has 3 rings (SSSR count). The number of aryl methyl sites for hydroxylation is 1. The van der Waals surface area contributed by atoms with Crippen LogP contribution in [0.1, 0.15) is 21.6 Å². The smallest absolute Gasteiger partial charge is 0.213 e. The first kappa shape index (κ1) is 11.5. The van der Waals surface area contributed by atoms with Crippen LogP contribution in [0, 0.1) is 6.92 Å². The van der Waals surface area contributed by atoms with Crippen molar-refractivity contribution in [1.82, 2.24) is 9.97 Å². The van der Waals surface area contributed by atoms with E-state index in [1.54, 1.807) is 24.7 Å². The number of hydrogen-bond acceptors (Lipinski definition) is 3. The Morgan fingerprint density at radius 1 is 1.11 bits per heavy atom. The Labute approximate surface area is 111 Å². The van der Waals surface area contributed by atoms with Crippen LogP contribution >= 0.6 is 0 Å². The zero-order chi connectivity index (χ0) is 13.2. The maximum Gasteiger partial charge on any atom is 0.213 e. The van der Waals surface area contributed by atoms with Gasteiger partial charge in [-0.15, -0.1) is 0 Å². The van der Waals surface area contributed by atoms with Crippen molar-refractivity contribution in [3.63, 3.8) is 0 Å². The Morgan fingerprint density at radius 3 is 2.79 bits per heavy atom. The van der Waals surface area contributed by atoms with E-state index in [-0.39, 0.29) is 5.78 Å². The van der Waals surface area contributed by atoms with E-state index in [9.17, 15) is 4.79 Å². The third-order valence-electron chi connectivity index (χ3n) is 3.06. The minimum atomic E-state index is -0.0898. The molecule has 3 nitrogen and oxygen atoms in total. The third kappa shape index (κ3) is 2.10. The molecule has 0 saturated carbocycles. The van der Waals surface area contributed by atoms with E-state index in [0.29, 0.717) is 11.3 Å². The Kier molecular flexibility index (Phi) is 2.80. The lowest BCUT2D eigenvalue weighted by Gasteiger charge is -2.05. The van der Waals surface area contributed by atoms with Gasteiger partial charge in [0.25, 0.3) is 0 Å². The molecule has 2 aromatic heterocycles. The Bertz CT molecular complexity index is 760. The second-order valence-electron chi connectivity index (χ2n) is 4.46. The Hall–Kier alpha value is -2.55. The minimum Gasteiger partial charge on any atom is -0.287 e. The molecule has 0 atom stereocenters. The summed E-state index contributed by atoms with van der Waals surface area (Å²) < 4.78 is 0. The average molecular weight is 248 g/mol. The van der Waals surface area contributed by atoms with Gasteiger partial charge in [-0.2, -0.15) is 0 Å². The quantitative estimate of drug-likeness (QED) is 0.654. The highest BCUT2D eigenvalue weighted by atomic mass is 16.1. The fraction of sp³-hybridized carbons (Fsp3) is 0.0625. The van der Waals surface area contributed by atoms with Gasteiger partial charge in [0.05, 0.1) is 5.56 Å². The zero-order valence-corrected chi connectivity index (χ0v) is 10.5. The molecule has 92 valence electrons. The van der Waals surface area contributed by atoms with Gasteiger partial charge in [0.2, 0.25) is 5.78 Å². The molecule has 19 heavy (non-hydrogen) atoms. The number of aromatic nitrogens is 2. The molecule has 0 bridgehead atoms.